The normalized spacial score (nSPS) is 15.7. The minimum absolute atomic E-state index is 0. The van der Waals surface area contributed by atoms with E-state index in [0.717, 1.165) is 42.6 Å². The molecule has 2 aromatic rings. The van der Waals surface area contributed by atoms with E-state index in [0.29, 0.717) is 5.88 Å². The van der Waals surface area contributed by atoms with Crippen LogP contribution in [0.3, 0.4) is 0 Å². The van der Waals surface area contributed by atoms with Crippen molar-refractivity contribution in [1.29, 1.82) is 0 Å². The lowest BCUT2D eigenvalue weighted by Gasteiger charge is -2.24. The number of nitrogens with zero attached hydrogens (tertiary/aromatic N) is 1. The van der Waals surface area contributed by atoms with Gasteiger partial charge < -0.3 is 14.8 Å². The fraction of sp³-hybridized carbons (Fsp3) is 0.400. The summed E-state index contributed by atoms with van der Waals surface area (Å²) in [6, 6.07) is 9.88. The van der Waals surface area contributed by atoms with Crippen LogP contribution in [0.15, 0.2) is 30.3 Å². The van der Waals surface area contributed by atoms with Crippen LogP contribution in [-0.4, -0.2) is 31.3 Å². The van der Waals surface area contributed by atoms with Gasteiger partial charge >= 0.3 is 0 Å². The van der Waals surface area contributed by atoms with Crippen molar-refractivity contribution in [3.63, 3.8) is 0 Å². The standard InChI is InChI=1S/C15H18N2O2.ClH/c1-18-15-10-14(19-11-6-8-16-9-7-11)12-4-2-3-5-13(12)17-15;/h2-5,10-11,16H,6-9H2,1H3;1H. The van der Waals surface area contributed by atoms with Crippen molar-refractivity contribution in [3.8, 4) is 11.6 Å². The first-order chi connectivity index (χ1) is 9.36. The van der Waals surface area contributed by atoms with Crippen LogP contribution in [0.2, 0.25) is 0 Å². The number of benzene rings is 1. The van der Waals surface area contributed by atoms with E-state index in [-0.39, 0.29) is 18.5 Å². The van der Waals surface area contributed by atoms with Crippen molar-refractivity contribution >= 4 is 23.3 Å². The Hall–Kier alpha value is -1.52. The second-order valence-electron chi connectivity index (χ2n) is 4.75. The van der Waals surface area contributed by atoms with E-state index < -0.39 is 0 Å². The molecule has 0 unspecified atom stereocenters. The molecule has 1 N–H and O–H groups in total. The lowest BCUT2D eigenvalue weighted by molar-refractivity contribution is 0.164. The molecule has 5 heteroatoms. The highest BCUT2D eigenvalue weighted by atomic mass is 35.5. The molecule has 0 radical (unpaired) electrons. The minimum atomic E-state index is 0. The lowest BCUT2D eigenvalue weighted by atomic mass is 10.1. The number of pyridine rings is 1. The van der Waals surface area contributed by atoms with Crippen molar-refractivity contribution in [1.82, 2.24) is 10.3 Å². The molecule has 0 spiro atoms. The zero-order valence-corrected chi connectivity index (χ0v) is 12.3. The number of piperidine rings is 1. The van der Waals surface area contributed by atoms with Gasteiger partial charge in [0.05, 0.1) is 12.6 Å². The lowest BCUT2D eigenvalue weighted by Crippen LogP contribution is -2.34. The Labute approximate surface area is 124 Å². The number of methoxy groups -OCH3 is 1. The highest BCUT2D eigenvalue weighted by Gasteiger charge is 2.16. The molecule has 1 aromatic carbocycles. The van der Waals surface area contributed by atoms with E-state index in [4.69, 9.17) is 9.47 Å². The summed E-state index contributed by atoms with van der Waals surface area (Å²) in [7, 11) is 1.63. The van der Waals surface area contributed by atoms with E-state index in [1.54, 1.807) is 7.11 Å². The smallest absolute Gasteiger partial charge is 0.217 e. The summed E-state index contributed by atoms with van der Waals surface area (Å²) >= 11 is 0. The van der Waals surface area contributed by atoms with Crippen LogP contribution in [0.1, 0.15) is 12.8 Å². The maximum Gasteiger partial charge on any atom is 0.217 e. The topological polar surface area (TPSA) is 43.4 Å². The monoisotopic (exact) mass is 294 g/mol. The Bertz CT molecular complexity index is 571. The van der Waals surface area contributed by atoms with Crippen molar-refractivity contribution in [2.45, 2.75) is 18.9 Å². The number of nitrogens with one attached hydrogen (secondary N) is 1. The molecule has 20 heavy (non-hydrogen) atoms. The quantitative estimate of drug-likeness (QED) is 0.945. The largest absolute Gasteiger partial charge is 0.489 e. The summed E-state index contributed by atoms with van der Waals surface area (Å²) in [5.74, 6) is 1.47. The Balaban J connectivity index is 0.00000147. The van der Waals surface area contributed by atoms with Crippen molar-refractivity contribution in [3.05, 3.63) is 30.3 Å². The summed E-state index contributed by atoms with van der Waals surface area (Å²) in [6.45, 7) is 2.04. The highest BCUT2D eigenvalue weighted by molar-refractivity contribution is 5.86. The van der Waals surface area contributed by atoms with Gasteiger partial charge in [0.25, 0.3) is 0 Å². The third-order valence-corrected chi connectivity index (χ3v) is 3.44. The van der Waals surface area contributed by atoms with Gasteiger partial charge in [-0.05, 0) is 38.1 Å². The maximum atomic E-state index is 6.15. The molecular formula is C15H19ClN2O2. The summed E-state index contributed by atoms with van der Waals surface area (Å²) in [5, 5.41) is 4.39. The molecular weight excluding hydrogens is 276 g/mol. The van der Waals surface area contributed by atoms with E-state index in [1.807, 2.05) is 30.3 Å². The van der Waals surface area contributed by atoms with E-state index in [9.17, 15) is 0 Å². The number of aromatic nitrogens is 1. The third-order valence-electron chi connectivity index (χ3n) is 3.44. The van der Waals surface area contributed by atoms with Gasteiger partial charge in [0.1, 0.15) is 11.9 Å². The molecule has 0 saturated carbocycles. The molecule has 1 aromatic heterocycles. The van der Waals surface area contributed by atoms with E-state index in [2.05, 4.69) is 10.3 Å². The van der Waals surface area contributed by atoms with Gasteiger partial charge in [-0.15, -0.1) is 12.4 Å². The van der Waals surface area contributed by atoms with Crippen LogP contribution in [0.4, 0.5) is 0 Å². The molecule has 108 valence electrons. The number of hydrogen-bond acceptors (Lipinski definition) is 4. The summed E-state index contributed by atoms with van der Waals surface area (Å²) < 4.78 is 11.4. The van der Waals surface area contributed by atoms with Gasteiger partial charge in [-0.1, -0.05) is 12.1 Å². The first kappa shape index (κ1) is 14.9. The average molecular weight is 295 g/mol. The minimum Gasteiger partial charge on any atom is -0.489 e. The van der Waals surface area contributed by atoms with Gasteiger partial charge in [-0.2, -0.15) is 0 Å². The van der Waals surface area contributed by atoms with Crippen LogP contribution in [0.25, 0.3) is 10.9 Å². The van der Waals surface area contributed by atoms with Crippen LogP contribution < -0.4 is 14.8 Å². The molecule has 0 atom stereocenters. The second-order valence-corrected chi connectivity index (χ2v) is 4.75. The first-order valence-electron chi connectivity index (χ1n) is 6.68. The van der Waals surface area contributed by atoms with E-state index in [1.165, 1.54) is 0 Å². The predicted molar refractivity (Wildman–Crippen MR) is 82.1 cm³/mol. The molecule has 1 aliphatic heterocycles. The molecule has 4 nitrogen and oxygen atoms in total. The molecule has 0 bridgehead atoms. The number of hydrogen-bond donors (Lipinski definition) is 1. The number of fused-ring (bicyclic) bond motifs is 1. The molecule has 0 amide bonds. The highest BCUT2D eigenvalue weighted by Crippen LogP contribution is 2.30. The molecule has 1 aliphatic rings. The molecule has 0 aliphatic carbocycles. The zero-order valence-electron chi connectivity index (χ0n) is 11.5. The molecule has 3 rings (SSSR count). The Morgan fingerprint density at radius 2 is 1.95 bits per heavy atom. The third kappa shape index (κ3) is 3.14. The van der Waals surface area contributed by atoms with Crippen LogP contribution >= 0.6 is 12.4 Å². The second kappa shape index (κ2) is 6.77. The van der Waals surface area contributed by atoms with Crippen LogP contribution in [0.5, 0.6) is 11.6 Å². The average Bonchev–Trinajstić information content (AvgIpc) is 2.48. The summed E-state index contributed by atoms with van der Waals surface area (Å²) in [4.78, 5) is 4.43. The van der Waals surface area contributed by atoms with Crippen LogP contribution in [0, 0.1) is 0 Å². The Morgan fingerprint density at radius 1 is 1.20 bits per heavy atom. The Kier molecular flexibility index (Phi) is 5.04. The van der Waals surface area contributed by atoms with Gasteiger partial charge in [0.15, 0.2) is 0 Å². The van der Waals surface area contributed by atoms with Crippen molar-refractivity contribution in [2.75, 3.05) is 20.2 Å². The zero-order chi connectivity index (χ0) is 13.1. The van der Waals surface area contributed by atoms with Gasteiger partial charge in [-0.3, -0.25) is 0 Å². The molecule has 1 saturated heterocycles. The fourth-order valence-corrected chi connectivity index (χ4v) is 2.42. The predicted octanol–water partition coefficient (Wildman–Crippen LogP) is 2.80. The summed E-state index contributed by atoms with van der Waals surface area (Å²) in [6.07, 6.45) is 2.36. The SMILES string of the molecule is COc1cc(OC2CCNCC2)c2ccccc2n1.Cl. The van der Waals surface area contributed by atoms with Crippen LogP contribution in [-0.2, 0) is 0 Å². The maximum absolute atomic E-state index is 6.15. The summed E-state index contributed by atoms with van der Waals surface area (Å²) in [5.41, 5.74) is 0.908. The van der Waals surface area contributed by atoms with Gasteiger partial charge in [0, 0.05) is 11.5 Å². The number of para-hydroxylation sites is 1. The van der Waals surface area contributed by atoms with Gasteiger partial charge in [-0.25, -0.2) is 4.98 Å². The first-order valence-corrected chi connectivity index (χ1v) is 6.68. The number of halogens is 1. The molecule has 2 heterocycles. The van der Waals surface area contributed by atoms with E-state index >= 15 is 0 Å². The van der Waals surface area contributed by atoms with Gasteiger partial charge in [0.2, 0.25) is 5.88 Å². The van der Waals surface area contributed by atoms with Crippen molar-refractivity contribution in [2.24, 2.45) is 0 Å². The fourth-order valence-electron chi connectivity index (χ4n) is 2.42. The Morgan fingerprint density at radius 3 is 2.70 bits per heavy atom. The molecule has 1 fully saturated rings. The van der Waals surface area contributed by atoms with Crippen molar-refractivity contribution < 1.29 is 9.47 Å². The number of rotatable bonds is 3. The number of ether oxygens (including phenoxy) is 2.